The normalized spacial score (nSPS) is 23.4. The van der Waals surface area contributed by atoms with Gasteiger partial charge in [-0.15, -0.1) is 0 Å². The van der Waals surface area contributed by atoms with Crippen molar-refractivity contribution in [1.29, 1.82) is 0 Å². The number of amides is 3. The number of imidazole rings is 1. The second-order valence-electron chi connectivity index (χ2n) is 6.26. The third kappa shape index (κ3) is 3.27. The van der Waals surface area contributed by atoms with Gasteiger partial charge in [-0.2, -0.15) is 0 Å². The highest BCUT2D eigenvalue weighted by Crippen LogP contribution is 2.20. The van der Waals surface area contributed by atoms with Crippen LogP contribution in [0.15, 0.2) is 12.4 Å². The fourth-order valence-electron chi connectivity index (χ4n) is 3.18. The molecule has 0 aromatic carbocycles. The Morgan fingerprint density at radius 3 is 2.92 bits per heavy atom. The van der Waals surface area contributed by atoms with Crippen molar-refractivity contribution in [3.63, 3.8) is 0 Å². The zero-order valence-corrected chi connectivity index (χ0v) is 13.8. The highest BCUT2D eigenvalue weighted by atomic mass is 16.2. The zero-order chi connectivity index (χ0) is 17.1. The molecule has 3 rings (SSSR count). The summed E-state index contributed by atoms with van der Waals surface area (Å²) in [5.74, 6) is -0.0868. The Morgan fingerprint density at radius 1 is 1.42 bits per heavy atom. The molecule has 1 aromatic rings. The number of aromatic nitrogens is 2. The van der Waals surface area contributed by atoms with E-state index in [1.54, 1.807) is 17.3 Å². The van der Waals surface area contributed by atoms with Crippen LogP contribution < -0.4 is 10.6 Å². The van der Waals surface area contributed by atoms with Gasteiger partial charge in [-0.25, -0.2) is 4.98 Å². The van der Waals surface area contributed by atoms with Crippen LogP contribution in [0.2, 0.25) is 0 Å². The van der Waals surface area contributed by atoms with E-state index in [1.807, 2.05) is 11.5 Å². The Balaban J connectivity index is 1.52. The van der Waals surface area contributed by atoms with Crippen LogP contribution >= 0.6 is 0 Å². The third-order valence-electron chi connectivity index (χ3n) is 4.78. The first-order chi connectivity index (χ1) is 11.6. The smallest absolute Gasteiger partial charge is 0.290 e. The van der Waals surface area contributed by atoms with Crippen molar-refractivity contribution in [1.82, 2.24) is 25.1 Å². The number of likely N-dealkylation sites (tertiary alicyclic amines) is 1. The molecule has 130 valence electrons. The molecule has 2 aliphatic heterocycles. The van der Waals surface area contributed by atoms with Crippen LogP contribution in [0.1, 0.15) is 36.8 Å². The van der Waals surface area contributed by atoms with Crippen LogP contribution in [0.4, 0.5) is 0 Å². The van der Waals surface area contributed by atoms with E-state index in [2.05, 4.69) is 15.6 Å². The van der Waals surface area contributed by atoms with E-state index in [1.165, 1.54) is 0 Å². The molecule has 24 heavy (non-hydrogen) atoms. The first-order valence-electron chi connectivity index (χ1n) is 8.46. The van der Waals surface area contributed by atoms with Crippen LogP contribution in [-0.4, -0.2) is 57.8 Å². The quantitative estimate of drug-likeness (QED) is 0.777. The molecule has 8 nitrogen and oxygen atoms in total. The molecule has 0 aliphatic carbocycles. The van der Waals surface area contributed by atoms with Crippen LogP contribution in [-0.2, 0) is 16.1 Å². The summed E-state index contributed by atoms with van der Waals surface area (Å²) >= 11 is 0. The Bertz CT molecular complexity index is 641. The van der Waals surface area contributed by atoms with E-state index in [0.29, 0.717) is 38.4 Å². The summed E-state index contributed by atoms with van der Waals surface area (Å²) in [4.78, 5) is 42.0. The third-order valence-corrected chi connectivity index (χ3v) is 4.78. The molecule has 2 aliphatic rings. The summed E-state index contributed by atoms with van der Waals surface area (Å²) in [6.07, 6.45) is 5.19. The van der Waals surface area contributed by atoms with E-state index in [4.69, 9.17) is 0 Å². The van der Waals surface area contributed by atoms with Crippen molar-refractivity contribution in [2.24, 2.45) is 5.92 Å². The first-order valence-corrected chi connectivity index (χ1v) is 8.46. The van der Waals surface area contributed by atoms with Crippen molar-refractivity contribution in [2.45, 2.75) is 38.8 Å². The van der Waals surface area contributed by atoms with Gasteiger partial charge in [0.25, 0.3) is 5.91 Å². The number of piperidine rings is 1. The number of hydrogen-bond acceptors (Lipinski definition) is 4. The molecule has 2 N–H and O–H groups in total. The maximum atomic E-state index is 12.5. The molecule has 0 radical (unpaired) electrons. The van der Waals surface area contributed by atoms with Gasteiger partial charge in [0.2, 0.25) is 11.8 Å². The van der Waals surface area contributed by atoms with Crippen LogP contribution in [0.25, 0.3) is 0 Å². The van der Waals surface area contributed by atoms with Crippen molar-refractivity contribution >= 4 is 17.7 Å². The number of nitrogens with one attached hydrogen (secondary N) is 2. The predicted molar refractivity (Wildman–Crippen MR) is 86.1 cm³/mol. The van der Waals surface area contributed by atoms with Gasteiger partial charge in [0.05, 0.1) is 6.04 Å². The summed E-state index contributed by atoms with van der Waals surface area (Å²) in [5.41, 5.74) is 0. The maximum Gasteiger partial charge on any atom is 0.290 e. The van der Waals surface area contributed by atoms with Crippen molar-refractivity contribution in [2.75, 3.05) is 19.6 Å². The van der Waals surface area contributed by atoms with E-state index < -0.39 is 0 Å². The lowest BCUT2D eigenvalue weighted by Crippen LogP contribution is -2.57. The van der Waals surface area contributed by atoms with E-state index >= 15 is 0 Å². The van der Waals surface area contributed by atoms with Gasteiger partial charge >= 0.3 is 0 Å². The van der Waals surface area contributed by atoms with Gasteiger partial charge in [0.1, 0.15) is 0 Å². The van der Waals surface area contributed by atoms with E-state index in [-0.39, 0.29) is 36.1 Å². The first kappa shape index (κ1) is 16.5. The number of nitrogens with zero attached hydrogens (tertiary/aromatic N) is 3. The molecule has 0 spiro atoms. The molecule has 2 fully saturated rings. The molecular weight excluding hydrogens is 310 g/mol. The molecule has 8 heteroatoms. The number of carbonyl (C=O) groups excluding carboxylic acids is 3. The van der Waals surface area contributed by atoms with Crippen molar-refractivity contribution in [3.8, 4) is 0 Å². The summed E-state index contributed by atoms with van der Waals surface area (Å²) in [6, 6.07) is 0.000809. The lowest BCUT2D eigenvalue weighted by Gasteiger charge is -2.41. The van der Waals surface area contributed by atoms with Gasteiger partial charge in [-0.3, -0.25) is 14.4 Å². The fraction of sp³-hybridized carbons (Fsp3) is 0.625. The lowest BCUT2D eigenvalue weighted by molar-refractivity contribution is -0.132. The van der Waals surface area contributed by atoms with Gasteiger partial charge in [-0.05, 0) is 19.8 Å². The van der Waals surface area contributed by atoms with Gasteiger partial charge < -0.3 is 20.1 Å². The fourth-order valence-corrected chi connectivity index (χ4v) is 3.18. The topological polar surface area (TPSA) is 96.3 Å². The molecule has 1 aromatic heterocycles. The van der Waals surface area contributed by atoms with Gasteiger partial charge in [0, 0.05) is 50.9 Å². The SMILES string of the molecule is CCn1ccnc1C(=O)N1CCC1CNC(=O)C1CCNC(=O)C1. The lowest BCUT2D eigenvalue weighted by atomic mass is 9.96. The summed E-state index contributed by atoms with van der Waals surface area (Å²) in [6.45, 7) is 4.31. The minimum atomic E-state index is -0.262. The monoisotopic (exact) mass is 333 g/mol. The van der Waals surface area contributed by atoms with Crippen LogP contribution in [0.5, 0.6) is 0 Å². The minimum Gasteiger partial charge on any atom is -0.356 e. The van der Waals surface area contributed by atoms with Gasteiger partial charge in [0.15, 0.2) is 5.82 Å². The van der Waals surface area contributed by atoms with E-state index in [0.717, 1.165) is 6.42 Å². The molecule has 3 amide bonds. The van der Waals surface area contributed by atoms with E-state index in [9.17, 15) is 14.4 Å². The maximum absolute atomic E-state index is 12.5. The molecule has 3 heterocycles. The number of rotatable bonds is 5. The summed E-state index contributed by atoms with van der Waals surface area (Å²) in [7, 11) is 0. The number of aryl methyl sites for hydroxylation is 1. The largest absolute Gasteiger partial charge is 0.356 e. The highest BCUT2D eigenvalue weighted by molar-refractivity contribution is 5.92. The van der Waals surface area contributed by atoms with Crippen molar-refractivity contribution < 1.29 is 14.4 Å². The Hall–Kier alpha value is -2.38. The molecule has 0 bridgehead atoms. The molecular formula is C16H23N5O3. The minimum absolute atomic E-state index is 0.000809. The molecule has 2 unspecified atom stereocenters. The zero-order valence-electron chi connectivity index (χ0n) is 13.8. The highest BCUT2D eigenvalue weighted by Gasteiger charge is 2.35. The Labute approximate surface area is 140 Å². The molecule has 2 atom stereocenters. The number of carbonyl (C=O) groups is 3. The summed E-state index contributed by atoms with van der Waals surface area (Å²) in [5, 5.41) is 5.61. The number of hydrogen-bond donors (Lipinski definition) is 2. The summed E-state index contributed by atoms with van der Waals surface area (Å²) < 4.78 is 1.82. The standard InChI is InChI=1S/C16H23N5O3/c1-2-20-8-6-18-14(20)16(24)21-7-4-12(21)10-19-15(23)11-3-5-17-13(22)9-11/h6,8,11-12H,2-5,7,9-10H2,1H3,(H,17,22)(H,19,23). The average Bonchev–Trinajstić information content (AvgIpc) is 3.02. The van der Waals surface area contributed by atoms with Gasteiger partial charge in [-0.1, -0.05) is 0 Å². The predicted octanol–water partition coefficient (Wildman–Crippen LogP) is -0.240. The Morgan fingerprint density at radius 2 is 2.25 bits per heavy atom. The van der Waals surface area contributed by atoms with Crippen LogP contribution in [0.3, 0.4) is 0 Å². The second-order valence-corrected chi connectivity index (χ2v) is 6.26. The average molecular weight is 333 g/mol. The molecule has 0 saturated carbocycles. The van der Waals surface area contributed by atoms with Crippen molar-refractivity contribution in [3.05, 3.63) is 18.2 Å². The van der Waals surface area contributed by atoms with Crippen LogP contribution in [0, 0.1) is 5.92 Å². The molecule has 2 saturated heterocycles. The second kappa shape index (κ2) is 7.02. The Kier molecular flexibility index (Phi) is 4.82.